The molecule has 2 aromatic rings. The lowest BCUT2D eigenvalue weighted by molar-refractivity contribution is 0.112. The van der Waals surface area contributed by atoms with E-state index >= 15 is 0 Å². The number of halogens is 1. The number of rotatable bonds is 2. The Bertz CT molecular complexity index is 624. The Morgan fingerprint density at radius 2 is 1.89 bits per heavy atom. The van der Waals surface area contributed by atoms with Gasteiger partial charge in [-0.15, -0.1) is 0 Å². The second kappa shape index (κ2) is 5.17. The number of benzene rings is 2. The van der Waals surface area contributed by atoms with Gasteiger partial charge in [0, 0.05) is 28.8 Å². The van der Waals surface area contributed by atoms with Crippen molar-refractivity contribution in [2.75, 3.05) is 11.4 Å². The van der Waals surface area contributed by atoms with E-state index in [9.17, 15) is 4.79 Å². The van der Waals surface area contributed by atoms with Crippen LogP contribution in [0.5, 0.6) is 0 Å². The molecule has 0 aromatic heterocycles. The van der Waals surface area contributed by atoms with Crippen molar-refractivity contribution in [3.05, 3.63) is 63.6 Å². The minimum atomic E-state index is 0.696. The highest BCUT2D eigenvalue weighted by atomic mass is 79.9. The van der Waals surface area contributed by atoms with Gasteiger partial charge in [0.25, 0.3) is 0 Å². The number of aldehydes is 1. The Balaban J connectivity index is 1.89. The van der Waals surface area contributed by atoms with Crippen LogP contribution < -0.4 is 4.90 Å². The van der Waals surface area contributed by atoms with Crippen molar-refractivity contribution in [1.29, 1.82) is 0 Å². The molecule has 1 aliphatic heterocycles. The van der Waals surface area contributed by atoms with E-state index in [1.807, 2.05) is 18.2 Å². The van der Waals surface area contributed by atoms with Crippen LogP contribution in [-0.2, 0) is 13.0 Å². The first kappa shape index (κ1) is 12.4. The molecule has 0 spiro atoms. The minimum Gasteiger partial charge on any atom is -0.367 e. The highest BCUT2D eigenvalue weighted by Crippen LogP contribution is 2.27. The smallest absolute Gasteiger partial charge is 0.151 e. The topological polar surface area (TPSA) is 20.3 Å². The van der Waals surface area contributed by atoms with Crippen LogP contribution in [0, 0.1) is 0 Å². The minimum absolute atomic E-state index is 0.696. The largest absolute Gasteiger partial charge is 0.367 e. The van der Waals surface area contributed by atoms with E-state index in [4.69, 9.17) is 0 Å². The van der Waals surface area contributed by atoms with Gasteiger partial charge in [-0.1, -0.05) is 24.3 Å². The maximum atomic E-state index is 10.8. The SMILES string of the molecule is O=Cc1ccc(N2CCc3ccccc3C2)cc1Br. The summed E-state index contributed by atoms with van der Waals surface area (Å²) in [6.07, 6.45) is 1.95. The molecule has 0 saturated heterocycles. The maximum absolute atomic E-state index is 10.8. The summed E-state index contributed by atoms with van der Waals surface area (Å²) in [7, 11) is 0. The Kier molecular flexibility index (Phi) is 3.38. The van der Waals surface area contributed by atoms with E-state index in [0.717, 1.165) is 36.0 Å². The van der Waals surface area contributed by atoms with E-state index in [2.05, 4.69) is 45.1 Å². The highest BCUT2D eigenvalue weighted by Gasteiger charge is 2.16. The molecule has 0 unspecified atom stereocenters. The van der Waals surface area contributed by atoms with Crippen LogP contribution in [-0.4, -0.2) is 12.8 Å². The van der Waals surface area contributed by atoms with E-state index in [-0.39, 0.29) is 0 Å². The van der Waals surface area contributed by atoms with Crippen molar-refractivity contribution < 1.29 is 4.79 Å². The van der Waals surface area contributed by atoms with Gasteiger partial charge in [0.05, 0.1) is 0 Å². The molecule has 1 heterocycles. The lowest BCUT2D eigenvalue weighted by Gasteiger charge is -2.31. The van der Waals surface area contributed by atoms with Gasteiger partial charge in [0.1, 0.15) is 0 Å². The van der Waals surface area contributed by atoms with Crippen LogP contribution in [0.4, 0.5) is 5.69 Å². The van der Waals surface area contributed by atoms with Crippen molar-refractivity contribution in [1.82, 2.24) is 0 Å². The van der Waals surface area contributed by atoms with Gasteiger partial charge >= 0.3 is 0 Å². The molecule has 96 valence electrons. The first-order valence-corrected chi connectivity index (χ1v) is 7.13. The molecule has 0 bridgehead atoms. The summed E-state index contributed by atoms with van der Waals surface area (Å²) in [5.41, 5.74) is 4.69. The number of fused-ring (bicyclic) bond motifs is 1. The molecule has 0 radical (unpaired) electrons. The molecule has 0 atom stereocenters. The summed E-state index contributed by atoms with van der Waals surface area (Å²) in [6.45, 7) is 1.95. The first-order valence-electron chi connectivity index (χ1n) is 6.34. The lowest BCUT2D eigenvalue weighted by atomic mass is 9.99. The summed E-state index contributed by atoms with van der Waals surface area (Å²) in [6, 6.07) is 14.5. The van der Waals surface area contributed by atoms with Crippen molar-refractivity contribution >= 4 is 27.9 Å². The molecule has 2 nitrogen and oxygen atoms in total. The number of hydrogen-bond acceptors (Lipinski definition) is 2. The van der Waals surface area contributed by atoms with E-state index < -0.39 is 0 Å². The van der Waals surface area contributed by atoms with Gasteiger partial charge in [-0.2, -0.15) is 0 Å². The predicted molar refractivity (Wildman–Crippen MR) is 80.7 cm³/mol. The van der Waals surface area contributed by atoms with Crippen molar-refractivity contribution in [3.8, 4) is 0 Å². The zero-order valence-corrected chi connectivity index (χ0v) is 12.1. The van der Waals surface area contributed by atoms with Gasteiger partial charge in [0.15, 0.2) is 6.29 Å². The fraction of sp³-hybridized carbons (Fsp3) is 0.188. The van der Waals surface area contributed by atoms with Crippen molar-refractivity contribution in [2.45, 2.75) is 13.0 Å². The second-order valence-corrected chi connectivity index (χ2v) is 5.62. The molecule has 3 rings (SSSR count). The molecule has 19 heavy (non-hydrogen) atoms. The molecule has 0 N–H and O–H groups in total. The number of carbonyl (C=O) groups is 1. The monoisotopic (exact) mass is 315 g/mol. The molecular weight excluding hydrogens is 302 g/mol. The summed E-state index contributed by atoms with van der Waals surface area (Å²) in [5, 5.41) is 0. The molecule has 1 aliphatic rings. The van der Waals surface area contributed by atoms with Crippen LogP contribution in [0.15, 0.2) is 46.9 Å². The Labute approximate surface area is 121 Å². The van der Waals surface area contributed by atoms with Crippen molar-refractivity contribution in [3.63, 3.8) is 0 Å². The molecule has 0 fully saturated rings. The Morgan fingerprint density at radius 1 is 1.11 bits per heavy atom. The predicted octanol–water partition coefficient (Wildman–Crippen LogP) is 3.82. The third-order valence-corrected chi connectivity index (χ3v) is 4.29. The normalized spacial score (nSPS) is 14.1. The first-order chi connectivity index (χ1) is 9.28. The average Bonchev–Trinajstić information content (AvgIpc) is 2.46. The van der Waals surface area contributed by atoms with Crippen LogP contribution >= 0.6 is 15.9 Å². The van der Waals surface area contributed by atoms with Crippen LogP contribution in [0.1, 0.15) is 21.5 Å². The quantitative estimate of drug-likeness (QED) is 0.785. The highest BCUT2D eigenvalue weighted by molar-refractivity contribution is 9.10. The van der Waals surface area contributed by atoms with Gasteiger partial charge in [0.2, 0.25) is 0 Å². The fourth-order valence-electron chi connectivity index (χ4n) is 2.52. The molecule has 0 saturated carbocycles. The zero-order valence-electron chi connectivity index (χ0n) is 10.5. The van der Waals surface area contributed by atoms with Gasteiger partial charge in [-0.05, 0) is 51.7 Å². The summed E-state index contributed by atoms with van der Waals surface area (Å²) in [4.78, 5) is 13.2. The number of anilines is 1. The zero-order chi connectivity index (χ0) is 13.2. The Hall–Kier alpha value is -1.61. The summed E-state index contributed by atoms with van der Waals surface area (Å²) < 4.78 is 0.860. The second-order valence-electron chi connectivity index (χ2n) is 4.76. The molecule has 0 aliphatic carbocycles. The van der Waals surface area contributed by atoms with E-state index in [1.165, 1.54) is 11.1 Å². The Morgan fingerprint density at radius 3 is 2.63 bits per heavy atom. The lowest BCUT2D eigenvalue weighted by Crippen LogP contribution is -2.30. The number of hydrogen-bond donors (Lipinski definition) is 0. The summed E-state index contributed by atoms with van der Waals surface area (Å²) >= 11 is 3.45. The third kappa shape index (κ3) is 2.43. The van der Waals surface area contributed by atoms with Crippen LogP contribution in [0.2, 0.25) is 0 Å². The van der Waals surface area contributed by atoms with Gasteiger partial charge in [-0.25, -0.2) is 0 Å². The van der Waals surface area contributed by atoms with Gasteiger partial charge in [-0.3, -0.25) is 4.79 Å². The molecule has 0 amide bonds. The molecule has 3 heteroatoms. The van der Waals surface area contributed by atoms with Crippen molar-refractivity contribution in [2.24, 2.45) is 0 Å². The van der Waals surface area contributed by atoms with Crippen LogP contribution in [0.25, 0.3) is 0 Å². The maximum Gasteiger partial charge on any atom is 0.151 e. The average molecular weight is 316 g/mol. The number of nitrogens with zero attached hydrogens (tertiary/aromatic N) is 1. The van der Waals surface area contributed by atoms with Gasteiger partial charge < -0.3 is 4.90 Å². The summed E-state index contributed by atoms with van der Waals surface area (Å²) in [5.74, 6) is 0. The fourth-order valence-corrected chi connectivity index (χ4v) is 2.98. The number of carbonyl (C=O) groups excluding carboxylic acids is 1. The third-order valence-electron chi connectivity index (χ3n) is 3.61. The van der Waals surface area contributed by atoms with Crippen LogP contribution in [0.3, 0.4) is 0 Å². The molecular formula is C16H14BrNO. The van der Waals surface area contributed by atoms with E-state index in [1.54, 1.807) is 0 Å². The molecule has 2 aromatic carbocycles. The standard InChI is InChI=1S/C16H14BrNO/c17-16-9-15(6-5-14(16)11-19)18-8-7-12-3-1-2-4-13(12)10-18/h1-6,9,11H,7-8,10H2. The van der Waals surface area contributed by atoms with E-state index in [0.29, 0.717) is 5.56 Å².